The summed E-state index contributed by atoms with van der Waals surface area (Å²) >= 11 is 5.88. The number of aryl methyl sites for hydroxylation is 2. The highest BCUT2D eigenvalue weighted by Crippen LogP contribution is 2.42. The van der Waals surface area contributed by atoms with Crippen molar-refractivity contribution in [2.75, 3.05) is 23.9 Å². The average Bonchev–Trinajstić information content (AvgIpc) is 3.51. The van der Waals surface area contributed by atoms with E-state index >= 15 is 0 Å². The van der Waals surface area contributed by atoms with Crippen molar-refractivity contribution in [2.45, 2.75) is 25.9 Å². The van der Waals surface area contributed by atoms with Gasteiger partial charge in [-0.1, -0.05) is 12.1 Å². The molecule has 0 saturated carbocycles. The summed E-state index contributed by atoms with van der Waals surface area (Å²) in [5.41, 5.74) is 7.20. The lowest BCUT2D eigenvalue weighted by Gasteiger charge is -2.29. The second-order valence-corrected chi connectivity index (χ2v) is 9.48. The number of methoxy groups -OCH3 is 1. The summed E-state index contributed by atoms with van der Waals surface area (Å²) in [6.45, 7) is 4.25. The number of nitrogens with one attached hydrogen (secondary N) is 2. The third-order valence-corrected chi connectivity index (χ3v) is 6.97. The van der Waals surface area contributed by atoms with E-state index < -0.39 is 0 Å². The number of ether oxygens (including phenoxy) is 1. The highest BCUT2D eigenvalue weighted by Gasteiger charge is 2.42. The Morgan fingerprint density at radius 1 is 1.03 bits per heavy atom. The molecule has 3 heterocycles. The molecule has 2 aromatic heterocycles. The van der Waals surface area contributed by atoms with E-state index in [2.05, 4.69) is 75.5 Å². The number of aromatic nitrogens is 2. The fraction of sp³-hybridized carbons (Fsp3) is 0.207. The Morgan fingerprint density at radius 3 is 2.51 bits per heavy atom. The zero-order valence-electron chi connectivity index (χ0n) is 21.0. The predicted octanol–water partition coefficient (Wildman–Crippen LogP) is 5.25. The van der Waals surface area contributed by atoms with Crippen LogP contribution in [-0.2, 0) is 9.53 Å². The SMILES string of the molecule is COCC(=O)Nc1ccc(N2C(=S)NC(c3ccccn3)C2c2cccn2-c2ccc(C)c(C)c2)cc1. The van der Waals surface area contributed by atoms with Crippen molar-refractivity contribution in [3.8, 4) is 5.69 Å². The molecule has 1 saturated heterocycles. The molecule has 0 aliphatic carbocycles. The molecular formula is C29H29N5O2S. The fourth-order valence-corrected chi connectivity index (χ4v) is 5.06. The van der Waals surface area contributed by atoms with Crippen molar-refractivity contribution in [1.29, 1.82) is 0 Å². The van der Waals surface area contributed by atoms with Crippen LogP contribution in [0.15, 0.2) is 85.2 Å². The zero-order valence-corrected chi connectivity index (χ0v) is 21.8. The molecule has 2 N–H and O–H groups in total. The maximum absolute atomic E-state index is 11.9. The fourth-order valence-electron chi connectivity index (χ4n) is 4.71. The molecule has 0 spiro atoms. The van der Waals surface area contributed by atoms with Crippen LogP contribution in [0.5, 0.6) is 0 Å². The number of rotatable bonds is 7. The molecule has 2 atom stereocenters. The summed E-state index contributed by atoms with van der Waals surface area (Å²) in [4.78, 5) is 18.7. The second kappa shape index (κ2) is 10.5. The molecule has 2 unspecified atom stereocenters. The van der Waals surface area contributed by atoms with Crippen LogP contribution in [0.2, 0.25) is 0 Å². The Morgan fingerprint density at radius 2 is 1.81 bits per heavy atom. The first kappa shape index (κ1) is 24.7. The number of pyridine rings is 1. The first-order valence-electron chi connectivity index (χ1n) is 12.1. The quantitative estimate of drug-likeness (QED) is 0.330. The van der Waals surface area contributed by atoms with Crippen molar-refractivity contribution in [3.63, 3.8) is 0 Å². The van der Waals surface area contributed by atoms with Crippen molar-refractivity contribution < 1.29 is 9.53 Å². The summed E-state index contributed by atoms with van der Waals surface area (Å²) < 4.78 is 7.13. The van der Waals surface area contributed by atoms with Crippen molar-refractivity contribution in [3.05, 3.63) is 108 Å². The molecule has 1 amide bonds. The minimum Gasteiger partial charge on any atom is -0.375 e. The van der Waals surface area contributed by atoms with Crippen LogP contribution in [0.3, 0.4) is 0 Å². The molecular weight excluding hydrogens is 482 g/mol. The van der Waals surface area contributed by atoms with Crippen LogP contribution >= 0.6 is 12.2 Å². The number of hydrogen-bond donors (Lipinski definition) is 2. The minimum atomic E-state index is -0.201. The maximum Gasteiger partial charge on any atom is 0.250 e. The van der Waals surface area contributed by atoms with E-state index in [1.54, 1.807) is 6.20 Å². The van der Waals surface area contributed by atoms with Gasteiger partial charge in [0.1, 0.15) is 12.6 Å². The van der Waals surface area contributed by atoms with E-state index in [0.29, 0.717) is 10.8 Å². The molecule has 188 valence electrons. The first-order valence-corrected chi connectivity index (χ1v) is 12.5. The molecule has 7 nitrogen and oxygen atoms in total. The molecule has 8 heteroatoms. The van der Waals surface area contributed by atoms with Gasteiger partial charge in [0, 0.05) is 42.3 Å². The Labute approximate surface area is 222 Å². The topological polar surface area (TPSA) is 71.4 Å². The Kier molecular flexibility index (Phi) is 7.03. The standard InChI is InChI=1S/C29H29N5O2S/c1-19-9-12-23(17-20(19)2)33-16-6-8-25(33)28-27(24-7-4-5-15-30-24)32-29(37)34(28)22-13-10-21(11-14-22)31-26(35)18-36-3/h4-17,27-28H,18H2,1-3H3,(H,31,35)(H,32,37). The monoisotopic (exact) mass is 511 g/mol. The number of carbonyl (C=O) groups excluding carboxylic acids is 1. The molecule has 1 aliphatic rings. The normalized spacial score (nSPS) is 17.1. The summed E-state index contributed by atoms with van der Waals surface area (Å²) in [6, 6.07) is 24.0. The van der Waals surface area contributed by atoms with Crippen molar-refractivity contribution in [1.82, 2.24) is 14.9 Å². The van der Waals surface area contributed by atoms with E-state index in [1.165, 1.54) is 18.2 Å². The molecule has 1 aliphatic heterocycles. The molecule has 0 radical (unpaired) electrons. The Balaban J connectivity index is 1.57. The maximum atomic E-state index is 11.9. The lowest BCUT2D eigenvalue weighted by Crippen LogP contribution is -2.30. The van der Waals surface area contributed by atoms with E-state index in [9.17, 15) is 4.79 Å². The van der Waals surface area contributed by atoms with Crippen LogP contribution < -0.4 is 15.5 Å². The van der Waals surface area contributed by atoms with Crippen LogP contribution in [0, 0.1) is 13.8 Å². The van der Waals surface area contributed by atoms with Gasteiger partial charge in [-0.2, -0.15) is 0 Å². The van der Waals surface area contributed by atoms with E-state index in [0.717, 1.165) is 22.8 Å². The van der Waals surface area contributed by atoms with Gasteiger partial charge in [-0.15, -0.1) is 0 Å². The van der Waals surface area contributed by atoms with Gasteiger partial charge in [0.25, 0.3) is 0 Å². The van der Waals surface area contributed by atoms with Gasteiger partial charge in [-0.05, 0) is 97.9 Å². The second-order valence-electron chi connectivity index (χ2n) is 9.10. The van der Waals surface area contributed by atoms with E-state index in [-0.39, 0.29) is 24.6 Å². The lowest BCUT2D eigenvalue weighted by molar-refractivity contribution is -0.119. The van der Waals surface area contributed by atoms with Gasteiger partial charge >= 0.3 is 0 Å². The summed E-state index contributed by atoms with van der Waals surface area (Å²) in [5.74, 6) is -0.201. The van der Waals surface area contributed by atoms with Crippen LogP contribution in [-0.4, -0.2) is 34.3 Å². The number of carbonyl (C=O) groups is 1. The molecule has 0 bridgehead atoms. The largest absolute Gasteiger partial charge is 0.375 e. The summed E-state index contributed by atoms with van der Waals surface area (Å²) in [5, 5.41) is 6.97. The third kappa shape index (κ3) is 4.98. The molecule has 37 heavy (non-hydrogen) atoms. The Bertz CT molecular complexity index is 1420. The summed E-state index contributed by atoms with van der Waals surface area (Å²) in [6.07, 6.45) is 3.89. The lowest BCUT2D eigenvalue weighted by atomic mass is 10.0. The Hall–Kier alpha value is -4.01. The van der Waals surface area contributed by atoms with Crippen LogP contribution in [0.1, 0.15) is 34.6 Å². The van der Waals surface area contributed by atoms with Crippen molar-refractivity contribution in [2.24, 2.45) is 0 Å². The van der Waals surface area contributed by atoms with Gasteiger partial charge in [-0.3, -0.25) is 9.78 Å². The van der Waals surface area contributed by atoms with Gasteiger partial charge in [0.05, 0.1) is 11.7 Å². The summed E-state index contributed by atoms with van der Waals surface area (Å²) in [7, 11) is 1.50. The highest BCUT2D eigenvalue weighted by atomic mass is 32.1. The molecule has 4 aromatic rings. The van der Waals surface area contributed by atoms with Gasteiger partial charge in [-0.25, -0.2) is 0 Å². The van der Waals surface area contributed by atoms with Crippen molar-refractivity contribution >= 4 is 34.6 Å². The predicted molar refractivity (Wildman–Crippen MR) is 150 cm³/mol. The number of amides is 1. The van der Waals surface area contributed by atoms with E-state index in [4.69, 9.17) is 17.0 Å². The highest BCUT2D eigenvalue weighted by molar-refractivity contribution is 7.80. The van der Waals surface area contributed by atoms with Gasteiger partial charge in [0.15, 0.2) is 5.11 Å². The number of hydrogen-bond acceptors (Lipinski definition) is 4. The van der Waals surface area contributed by atoms with Gasteiger partial charge < -0.3 is 24.8 Å². The number of thiocarbonyl (C=S) groups is 1. The van der Waals surface area contributed by atoms with Crippen LogP contribution in [0.4, 0.5) is 11.4 Å². The molecule has 5 rings (SSSR count). The first-order chi connectivity index (χ1) is 18.0. The van der Waals surface area contributed by atoms with E-state index in [1.807, 2.05) is 42.5 Å². The minimum absolute atomic E-state index is 0.00515. The van der Waals surface area contributed by atoms with Crippen LogP contribution in [0.25, 0.3) is 5.69 Å². The number of anilines is 2. The third-order valence-electron chi connectivity index (χ3n) is 6.65. The average molecular weight is 512 g/mol. The number of nitrogens with zero attached hydrogens (tertiary/aromatic N) is 3. The molecule has 1 fully saturated rings. The number of benzene rings is 2. The molecule has 2 aromatic carbocycles. The zero-order chi connectivity index (χ0) is 25.9. The van der Waals surface area contributed by atoms with Gasteiger partial charge in [0.2, 0.25) is 5.91 Å². The smallest absolute Gasteiger partial charge is 0.250 e.